The third-order valence-corrected chi connectivity index (χ3v) is 6.85. The van der Waals surface area contributed by atoms with Gasteiger partial charge < -0.3 is 24.2 Å². The lowest BCUT2D eigenvalue weighted by molar-refractivity contribution is -0.175. The summed E-state index contributed by atoms with van der Waals surface area (Å²) in [7, 11) is 3.50. The molecule has 2 aromatic heterocycles. The Hall–Kier alpha value is -3.21. The molecule has 35 heavy (non-hydrogen) atoms. The zero-order chi connectivity index (χ0) is 25.2. The van der Waals surface area contributed by atoms with Gasteiger partial charge in [0.1, 0.15) is 29.8 Å². The Morgan fingerprint density at radius 3 is 2.74 bits per heavy atom. The van der Waals surface area contributed by atoms with Gasteiger partial charge in [-0.25, -0.2) is 19.3 Å². The minimum atomic E-state index is -1.26. The molecule has 0 spiro atoms. The van der Waals surface area contributed by atoms with Gasteiger partial charge in [-0.2, -0.15) is 0 Å². The number of amides is 1. The molecule has 0 radical (unpaired) electrons. The number of aryl methyl sites for hydroxylation is 2. The molecule has 1 aliphatic heterocycles. The number of hydrogen-bond acceptors (Lipinski definition) is 8. The zero-order valence-corrected chi connectivity index (χ0v) is 20.7. The molecule has 2 aromatic rings. The van der Waals surface area contributed by atoms with Crippen LogP contribution < -0.4 is 4.74 Å². The van der Waals surface area contributed by atoms with Crippen molar-refractivity contribution in [1.82, 2.24) is 24.9 Å². The standard InChI is InChI=1S/C24H33N5O6/c1-15-20(35-17-10-11-34-24(2,12-17)22(30)31)9-8-18(25-15)21-19(29(4)27-26-21)14-33-23(32)28(3)13-16-6-5-7-16/h8-9,16-17H,5-7,10-14H2,1-4H3,(H,30,31)/t17-,24+/m0/s1. The molecule has 3 heterocycles. The van der Waals surface area contributed by atoms with Gasteiger partial charge in [0.2, 0.25) is 0 Å². The smallest absolute Gasteiger partial charge is 0.409 e. The zero-order valence-electron chi connectivity index (χ0n) is 20.7. The fourth-order valence-electron chi connectivity index (χ4n) is 4.36. The summed E-state index contributed by atoms with van der Waals surface area (Å²) in [5.74, 6) is 0.136. The highest BCUT2D eigenvalue weighted by Crippen LogP contribution is 2.31. The number of aromatic nitrogens is 4. The van der Waals surface area contributed by atoms with Crippen LogP contribution in [0.25, 0.3) is 11.4 Å². The maximum absolute atomic E-state index is 12.4. The molecule has 0 bridgehead atoms. The summed E-state index contributed by atoms with van der Waals surface area (Å²) in [6.45, 7) is 4.43. The van der Waals surface area contributed by atoms with Crippen molar-refractivity contribution in [2.45, 2.75) is 64.3 Å². The summed E-state index contributed by atoms with van der Waals surface area (Å²) in [5, 5.41) is 17.8. The number of carboxylic acid groups (broad SMARTS) is 1. The highest BCUT2D eigenvalue weighted by molar-refractivity contribution is 5.77. The van der Waals surface area contributed by atoms with Gasteiger partial charge >= 0.3 is 12.1 Å². The lowest BCUT2D eigenvalue weighted by atomic mass is 9.85. The lowest BCUT2D eigenvalue weighted by Gasteiger charge is -2.35. The van der Waals surface area contributed by atoms with Crippen molar-refractivity contribution in [1.29, 1.82) is 0 Å². The molecule has 2 aliphatic rings. The largest absolute Gasteiger partial charge is 0.488 e. The minimum absolute atomic E-state index is 0.0293. The van der Waals surface area contributed by atoms with Crippen molar-refractivity contribution >= 4 is 12.1 Å². The molecular formula is C24H33N5O6. The van der Waals surface area contributed by atoms with E-state index in [0.29, 0.717) is 54.0 Å². The summed E-state index contributed by atoms with van der Waals surface area (Å²) in [6, 6.07) is 3.57. The van der Waals surface area contributed by atoms with E-state index in [1.807, 2.05) is 6.92 Å². The minimum Gasteiger partial charge on any atom is -0.488 e. The van der Waals surface area contributed by atoms with Gasteiger partial charge in [0.05, 0.1) is 18.0 Å². The molecule has 2 atom stereocenters. The SMILES string of the molecule is Cc1nc(-c2nnn(C)c2COC(=O)N(C)CC2CCC2)ccc1O[C@H]1CCO[C@@](C)(C(=O)O)C1. The van der Waals surface area contributed by atoms with Gasteiger partial charge in [-0.3, -0.25) is 0 Å². The molecule has 1 amide bonds. The Labute approximate surface area is 204 Å². The van der Waals surface area contributed by atoms with Crippen LogP contribution in [-0.4, -0.2) is 74.0 Å². The summed E-state index contributed by atoms with van der Waals surface area (Å²) < 4.78 is 18.6. The predicted octanol–water partition coefficient (Wildman–Crippen LogP) is 2.96. The topological polar surface area (TPSA) is 129 Å². The van der Waals surface area contributed by atoms with Crippen LogP contribution >= 0.6 is 0 Å². The quantitative estimate of drug-likeness (QED) is 0.597. The van der Waals surface area contributed by atoms with Crippen LogP contribution in [0.3, 0.4) is 0 Å². The van der Waals surface area contributed by atoms with Crippen LogP contribution in [0.15, 0.2) is 12.1 Å². The van der Waals surface area contributed by atoms with Crippen molar-refractivity contribution in [3.8, 4) is 17.1 Å². The van der Waals surface area contributed by atoms with Gasteiger partial charge in [-0.1, -0.05) is 11.6 Å². The van der Waals surface area contributed by atoms with Gasteiger partial charge in [0, 0.05) is 33.5 Å². The third kappa shape index (κ3) is 5.55. The first-order valence-corrected chi connectivity index (χ1v) is 11.9. The Balaban J connectivity index is 1.42. The van der Waals surface area contributed by atoms with Crippen LogP contribution in [0, 0.1) is 12.8 Å². The van der Waals surface area contributed by atoms with Crippen LogP contribution in [0.4, 0.5) is 4.79 Å². The fraction of sp³-hybridized carbons (Fsp3) is 0.625. The van der Waals surface area contributed by atoms with Crippen molar-refractivity contribution in [2.24, 2.45) is 13.0 Å². The number of carbonyl (C=O) groups excluding carboxylic acids is 1. The number of ether oxygens (including phenoxy) is 3. The number of carbonyl (C=O) groups is 2. The molecule has 0 unspecified atom stereocenters. The van der Waals surface area contributed by atoms with Gasteiger partial charge in [-0.15, -0.1) is 5.10 Å². The monoisotopic (exact) mass is 487 g/mol. The Kier molecular flexibility index (Phi) is 7.25. The normalized spacial score (nSPS) is 22.3. The van der Waals surface area contributed by atoms with Crippen molar-refractivity contribution < 1.29 is 28.9 Å². The molecule has 1 aliphatic carbocycles. The fourth-order valence-corrected chi connectivity index (χ4v) is 4.36. The van der Waals surface area contributed by atoms with Crippen molar-refractivity contribution in [3.05, 3.63) is 23.5 Å². The van der Waals surface area contributed by atoms with Crippen molar-refractivity contribution in [3.63, 3.8) is 0 Å². The van der Waals surface area contributed by atoms with E-state index in [-0.39, 0.29) is 25.2 Å². The molecule has 2 fully saturated rings. The summed E-state index contributed by atoms with van der Waals surface area (Å²) in [4.78, 5) is 30.2. The molecular weight excluding hydrogens is 454 g/mol. The van der Waals surface area contributed by atoms with E-state index in [9.17, 15) is 14.7 Å². The molecule has 11 heteroatoms. The number of hydrogen-bond donors (Lipinski definition) is 1. The molecule has 11 nitrogen and oxygen atoms in total. The number of rotatable bonds is 8. The summed E-state index contributed by atoms with van der Waals surface area (Å²) >= 11 is 0. The Bertz CT molecular complexity index is 1080. The van der Waals surface area contributed by atoms with Gasteiger partial charge in [0.15, 0.2) is 5.60 Å². The first-order valence-electron chi connectivity index (χ1n) is 11.9. The van der Waals surface area contributed by atoms with Crippen LogP contribution in [-0.2, 0) is 27.9 Å². The highest BCUT2D eigenvalue weighted by Gasteiger charge is 2.41. The maximum atomic E-state index is 12.4. The van der Waals surface area contributed by atoms with Gasteiger partial charge in [-0.05, 0) is 44.7 Å². The molecule has 1 saturated carbocycles. The highest BCUT2D eigenvalue weighted by atomic mass is 16.6. The molecule has 190 valence electrons. The van der Waals surface area contributed by atoms with Crippen LogP contribution in [0.2, 0.25) is 0 Å². The van der Waals surface area contributed by atoms with E-state index in [2.05, 4.69) is 15.3 Å². The number of carboxylic acids is 1. The van der Waals surface area contributed by atoms with E-state index in [1.54, 1.807) is 42.7 Å². The van der Waals surface area contributed by atoms with E-state index in [1.165, 1.54) is 6.42 Å². The molecule has 1 N–H and O–H groups in total. The average Bonchev–Trinajstić information content (AvgIpc) is 3.16. The van der Waals surface area contributed by atoms with Crippen LogP contribution in [0.1, 0.15) is 50.4 Å². The predicted molar refractivity (Wildman–Crippen MR) is 125 cm³/mol. The first-order chi connectivity index (χ1) is 16.7. The number of nitrogens with zero attached hydrogens (tertiary/aromatic N) is 5. The summed E-state index contributed by atoms with van der Waals surface area (Å²) in [6.07, 6.45) is 3.72. The first kappa shape index (κ1) is 24.9. The van der Waals surface area contributed by atoms with E-state index in [0.717, 1.165) is 12.8 Å². The van der Waals surface area contributed by atoms with E-state index in [4.69, 9.17) is 14.2 Å². The second-order valence-corrected chi connectivity index (χ2v) is 9.64. The van der Waals surface area contributed by atoms with E-state index < -0.39 is 11.6 Å². The summed E-state index contributed by atoms with van der Waals surface area (Å²) in [5.41, 5.74) is 1.13. The molecule has 0 aromatic carbocycles. The molecule has 4 rings (SSSR count). The Morgan fingerprint density at radius 1 is 1.31 bits per heavy atom. The van der Waals surface area contributed by atoms with Crippen molar-refractivity contribution in [2.75, 3.05) is 20.2 Å². The second-order valence-electron chi connectivity index (χ2n) is 9.64. The van der Waals surface area contributed by atoms with Gasteiger partial charge in [0.25, 0.3) is 0 Å². The van der Waals surface area contributed by atoms with E-state index >= 15 is 0 Å². The third-order valence-electron chi connectivity index (χ3n) is 6.85. The Morgan fingerprint density at radius 2 is 2.09 bits per heavy atom. The lowest BCUT2D eigenvalue weighted by Crippen LogP contribution is -2.47. The maximum Gasteiger partial charge on any atom is 0.409 e. The average molecular weight is 488 g/mol. The van der Waals surface area contributed by atoms with Crippen LogP contribution in [0.5, 0.6) is 5.75 Å². The number of pyridine rings is 1. The second kappa shape index (κ2) is 10.2. The number of aliphatic carboxylic acids is 1. The molecule has 1 saturated heterocycles.